The maximum absolute atomic E-state index is 12.5. The minimum atomic E-state index is -0.0139. The Morgan fingerprint density at radius 3 is 2.72 bits per heavy atom. The lowest BCUT2D eigenvalue weighted by molar-refractivity contribution is 0.0651. The second-order valence-electron chi connectivity index (χ2n) is 5.62. The number of hydrogen-bond acceptors (Lipinski definition) is 3. The molecule has 0 unspecified atom stereocenters. The summed E-state index contributed by atoms with van der Waals surface area (Å²) in [5.41, 5.74) is 2.47. The van der Waals surface area contributed by atoms with E-state index in [2.05, 4.69) is 24.1 Å². The summed E-state index contributed by atoms with van der Waals surface area (Å²) in [4.78, 5) is 18.8. The van der Waals surface area contributed by atoms with Crippen LogP contribution in [0.25, 0.3) is 0 Å². The number of aryl methyl sites for hydroxylation is 2. The van der Waals surface area contributed by atoms with Gasteiger partial charge in [-0.1, -0.05) is 0 Å². The van der Waals surface area contributed by atoms with E-state index >= 15 is 0 Å². The van der Waals surface area contributed by atoms with Gasteiger partial charge in [0, 0.05) is 30.9 Å². The van der Waals surface area contributed by atoms with Crippen LogP contribution in [0, 0.1) is 13.8 Å². The van der Waals surface area contributed by atoms with Crippen molar-refractivity contribution in [2.24, 2.45) is 0 Å². The highest BCUT2D eigenvalue weighted by Crippen LogP contribution is 2.15. The van der Waals surface area contributed by atoms with Crippen LogP contribution in [0.15, 0.2) is 12.1 Å². The Labute approximate surface area is 108 Å². The van der Waals surface area contributed by atoms with Crippen LogP contribution < -0.4 is 5.32 Å². The number of piperazine rings is 1. The van der Waals surface area contributed by atoms with Crippen molar-refractivity contribution in [2.45, 2.75) is 33.2 Å². The van der Waals surface area contributed by atoms with Gasteiger partial charge < -0.3 is 10.2 Å². The third kappa shape index (κ3) is 2.70. The second kappa shape index (κ2) is 4.69. The molecular formula is C14H21N3O. The summed E-state index contributed by atoms with van der Waals surface area (Å²) in [6, 6.07) is 3.78. The smallest absolute Gasteiger partial charge is 0.255 e. The van der Waals surface area contributed by atoms with E-state index in [1.807, 2.05) is 30.9 Å². The highest BCUT2D eigenvalue weighted by Gasteiger charge is 2.29. The molecule has 4 nitrogen and oxygen atoms in total. The Balaban J connectivity index is 2.20. The number of amides is 1. The Morgan fingerprint density at radius 1 is 1.39 bits per heavy atom. The number of nitrogens with zero attached hydrogens (tertiary/aromatic N) is 2. The van der Waals surface area contributed by atoms with Crippen LogP contribution in [0.5, 0.6) is 0 Å². The highest BCUT2D eigenvalue weighted by molar-refractivity contribution is 5.95. The summed E-state index contributed by atoms with van der Waals surface area (Å²) >= 11 is 0. The van der Waals surface area contributed by atoms with Gasteiger partial charge >= 0.3 is 0 Å². The van der Waals surface area contributed by atoms with Crippen LogP contribution in [0.1, 0.15) is 35.6 Å². The molecule has 1 saturated heterocycles. The maximum atomic E-state index is 12.5. The fraction of sp³-hybridized carbons (Fsp3) is 0.571. The van der Waals surface area contributed by atoms with E-state index in [4.69, 9.17) is 0 Å². The summed E-state index contributed by atoms with van der Waals surface area (Å²) in [5, 5.41) is 3.41. The maximum Gasteiger partial charge on any atom is 0.255 e. The molecule has 0 saturated carbocycles. The third-order valence-electron chi connectivity index (χ3n) is 3.31. The largest absolute Gasteiger partial charge is 0.335 e. The van der Waals surface area contributed by atoms with Crippen molar-refractivity contribution >= 4 is 5.91 Å². The van der Waals surface area contributed by atoms with Crippen molar-refractivity contribution in [3.63, 3.8) is 0 Å². The lowest BCUT2D eigenvalue weighted by atomic mass is 10.0. The van der Waals surface area contributed by atoms with Crippen LogP contribution in [-0.2, 0) is 0 Å². The zero-order valence-corrected chi connectivity index (χ0v) is 11.6. The van der Waals surface area contributed by atoms with Crippen molar-refractivity contribution in [1.29, 1.82) is 0 Å². The van der Waals surface area contributed by atoms with Crippen LogP contribution >= 0.6 is 0 Å². The number of nitrogens with one attached hydrogen (secondary N) is 1. The van der Waals surface area contributed by atoms with Crippen molar-refractivity contribution in [1.82, 2.24) is 15.2 Å². The molecule has 0 aliphatic carbocycles. The van der Waals surface area contributed by atoms with Gasteiger partial charge in [-0.25, -0.2) is 0 Å². The summed E-state index contributed by atoms with van der Waals surface area (Å²) in [6.45, 7) is 10.4. The van der Waals surface area contributed by atoms with E-state index in [9.17, 15) is 4.79 Å². The van der Waals surface area contributed by atoms with Gasteiger partial charge in [-0.2, -0.15) is 0 Å². The average molecular weight is 247 g/mol. The molecular weight excluding hydrogens is 226 g/mol. The van der Waals surface area contributed by atoms with Gasteiger partial charge in [-0.05, 0) is 39.8 Å². The summed E-state index contributed by atoms with van der Waals surface area (Å²) in [5.74, 6) is 0.0922. The van der Waals surface area contributed by atoms with Crippen LogP contribution in [0.2, 0.25) is 0 Å². The zero-order chi connectivity index (χ0) is 13.3. The lowest BCUT2D eigenvalue weighted by Gasteiger charge is -2.39. The van der Waals surface area contributed by atoms with E-state index in [-0.39, 0.29) is 11.4 Å². The van der Waals surface area contributed by atoms with Crippen LogP contribution in [-0.4, -0.2) is 41.0 Å². The van der Waals surface area contributed by atoms with E-state index in [1.165, 1.54) is 0 Å². The van der Waals surface area contributed by atoms with Crippen molar-refractivity contribution < 1.29 is 4.79 Å². The monoisotopic (exact) mass is 247 g/mol. The van der Waals surface area contributed by atoms with E-state index in [1.54, 1.807) is 0 Å². The van der Waals surface area contributed by atoms with Gasteiger partial charge in [0.05, 0.1) is 11.3 Å². The van der Waals surface area contributed by atoms with E-state index in [0.29, 0.717) is 0 Å². The molecule has 1 N–H and O–H groups in total. The molecule has 2 rings (SSSR count). The molecule has 1 aromatic heterocycles. The molecule has 2 heterocycles. The van der Waals surface area contributed by atoms with Crippen LogP contribution in [0.3, 0.4) is 0 Å². The standard InChI is InChI=1S/C14H21N3O/c1-10-5-6-12(11(2)16-10)13(18)17-8-7-15-14(3,4)9-17/h5-6,15H,7-9H2,1-4H3. The number of carbonyl (C=O) groups excluding carboxylic acids is 1. The summed E-state index contributed by atoms with van der Waals surface area (Å²) in [7, 11) is 0. The summed E-state index contributed by atoms with van der Waals surface area (Å²) in [6.07, 6.45) is 0. The molecule has 98 valence electrons. The number of pyridine rings is 1. The Bertz CT molecular complexity index is 468. The Hall–Kier alpha value is -1.42. The third-order valence-corrected chi connectivity index (χ3v) is 3.31. The number of hydrogen-bond donors (Lipinski definition) is 1. The molecule has 0 bridgehead atoms. The number of aromatic nitrogens is 1. The zero-order valence-electron chi connectivity index (χ0n) is 11.6. The normalized spacial score (nSPS) is 18.8. The first-order chi connectivity index (χ1) is 8.39. The molecule has 1 amide bonds. The summed E-state index contributed by atoms with van der Waals surface area (Å²) < 4.78 is 0. The van der Waals surface area contributed by atoms with Gasteiger partial charge in [0.2, 0.25) is 0 Å². The molecule has 4 heteroatoms. The molecule has 1 aliphatic heterocycles. The Morgan fingerprint density at radius 2 is 2.11 bits per heavy atom. The highest BCUT2D eigenvalue weighted by atomic mass is 16.2. The quantitative estimate of drug-likeness (QED) is 0.818. The van der Waals surface area contributed by atoms with Crippen molar-refractivity contribution in [3.8, 4) is 0 Å². The SMILES string of the molecule is Cc1ccc(C(=O)N2CCNC(C)(C)C2)c(C)n1. The minimum Gasteiger partial charge on any atom is -0.335 e. The predicted octanol–water partition coefficient (Wildman–Crippen LogP) is 1.52. The molecule has 0 radical (unpaired) electrons. The molecule has 0 atom stereocenters. The fourth-order valence-electron chi connectivity index (χ4n) is 2.40. The topological polar surface area (TPSA) is 45.2 Å². The molecule has 0 spiro atoms. The lowest BCUT2D eigenvalue weighted by Crippen LogP contribution is -2.58. The molecule has 0 aromatic carbocycles. The Kier molecular flexibility index (Phi) is 3.39. The first-order valence-corrected chi connectivity index (χ1v) is 6.38. The number of carbonyl (C=O) groups is 1. The molecule has 1 fully saturated rings. The second-order valence-corrected chi connectivity index (χ2v) is 5.62. The first kappa shape index (κ1) is 13.0. The molecule has 1 aliphatic rings. The van der Waals surface area contributed by atoms with Gasteiger partial charge in [-0.15, -0.1) is 0 Å². The molecule has 18 heavy (non-hydrogen) atoms. The van der Waals surface area contributed by atoms with Gasteiger partial charge in [-0.3, -0.25) is 9.78 Å². The van der Waals surface area contributed by atoms with Crippen molar-refractivity contribution in [2.75, 3.05) is 19.6 Å². The average Bonchev–Trinajstić information content (AvgIpc) is 2.27. The fourth-order valence-corrected chi connectivity index (χ4v) is 2.40. The van der Waals surface area contributed by atoms with E-state index in [0.717, 1.165) is 36.6 Å². The van der Waals surface area contributed by atoms with Gasteiger partial charge in [0.15, 0.2) is 0 Å². The molecule has 1 aromatic rings. The van der Waals surface area contributed by atoms with Gasteiger partial charge in [0.1, 0.15) is 0 Å². The van der Waals surface area contributed by atoms with Gasteiger partial charge in [0.25, 0.3) is 5.91 Å². The van der Waals surface area contributed by atoms with Crippen LogP contribution in [0.4, 0.5) is 0 Å². The van der Waals surface area contributed by atoms with Crippen molar-refractivity contribution in [3.05, 3.63) is 29.1 Å². The first-order valence-electron chi connectivity index (χ1n) is 6.38. The predicted molar refractivity (Wildman–Crippen MR) is 71.7 cm³/mol. The van der Waals surface area contributed by atoms with E-state index < -0.39 is 0 Å². The minimum absolute atomic E-state index is 0.0139. The number of rotatable bonds is 1.